The van der Waals surface area contributed by atoms with E-state index in [1.807, 2.05) is 19.1 Å². The lowest BCUT2D eigenvalue weighted by molar-refractivity contribution is -0.176. The van der Waals surface area contributed by atoms with Crippen molar-refractivity contribution in [1.29, 1.82) is 0 Å². The molecule has 5 nitrogen and oxygen atoms in total. The lowest BCUT2D eigenvalue weighted by atomic mass is 10.1. The van der Waals surface area contributed by atoms with E-state index in [0.717, 1.165) is 44.1 Å². The second-order valence-corrected chi connectivity index (χ2v) is 6.47. The van der Waals surface area contributed by atoms with Gasteiger partial charge in [-0.15, -0.1) is 24.0 Å². The standard InChI is InChI=1S/C19H28F3N3O2.HI/c1-3-27-17-8-10-25(11-9-17)18(23-2)24-12-15-4-6-16(7-5-15)13-26-14-19(20,21)22;/h4-7,17H,3,8-14H2,1-2H3,(H,23,24);1H. The minimum absolute atomic E-state index is 0. The molecule has 0 atom stereocenters. The Morgan fingerprint density at radius 3 is 2.32 bits per heavy atom. The summed E-state index contributed by atoms with van der Waals surface area (Å²) in [4.78, 5) is 6.56. The Morgan fingerprint density at radius 1 is 1.18 bits per heavy atom. The van der Waals surface area contributed by atoms with Crippen molar-refractivity contribution in [1.82, 2.24) is 10.2 Å². The predicted molar refractivity (Wildman–Crippen MR) is 114 cm³/mol. The zero-order valence-electron chi connectivity index (χ0n) is 16.3. The van der Waals surface area contributed by atoms with Gasteiger partial charge in [0.05, 0.1) is 12.7 Å². The van der Waals surface area contributed by atoms with Crippen molar-refractivity contribution in [2.75, 3.05) is 33.4 Å². The Kier molecular flexibility index (Phi) is 11.1. The minimum atomic E-state index is -4.29. The normalized spacial score (nSPS) is 16.0. The average molecular weight is 515 g/mol. The van der Waals surface area contributed by atoms with Crippen LogP contribution in [0, 0.1) is 0 Å². The highest BCUT2D eigenvalue weighted by Gasteiger charge is 2.27. The molecule has 1 saturated heterocycles. The number of alkyl halides is 3. The Bertz CT molecular complexity index is 589. The number of nitrogens with zero attached hydrogens (tertiary/aromatic N) is 2. The number of likely N-dealkylation sites (tertiary alicyclic amines) is 1. The molecular weight excluding hydrogens is 486 g/mol. The van der Waals surface area contributed by atoms with Crippen LogP contribution in [0.25, 0.3) is 0 Å². The van der Waals surface area contributed by atoms with E-state index in [9.17, 15) is 13.2 Å². The fourth-order valence-corrected chi connectivity index (χ4v) is 3.02. The summed E-state index contributed by atoms with van der Waals surface area (Å²) in [5.41, 5.74) is 1.74. The van der Waals surface area contributed by atoms with Gasteiger partial charge in [-0.1, -0.05) is 24.3 Å². The number of piperidine rings is 1. The van der Waals surface area contributed by atoms with Gasteiger partial charge in [0.15, 0.2) is 5.96 Å². The Balaban J connectivity index is 0.00000392. The molecule has 0 saturated carbocycles. The van der Waals surface area contributed by atoms with Crippen LogP contribution in [0.1, 0.15) is 30.9 Å². The van der Waals surface area contributed by atoms with Crippen LogP contribution < -0.4 is 5.32 Å². The number of halogens is 4. The predicted octanol–water partition coefficient (Wildman–Crippen LogP) is 3.96. The van der Waals surface area contributed by atoms with Crippen molar-refractivity contribution < 1.29 is 22.6 Å². The number of aliphatic imine (C=N–C) groups is 1. The van der Waals surface area contributed by atoms with E-state index in [2.05, 4.69) is 19.9 Å². The number of hydrogen-bond acceptors (Lipinski definition) is 3. The SMILES string of the molecule is CCOC1CCN(C(=NC)NCc2ccc(COCC(F)(F)F)cc2)CC1.I. The highest BCUT2D eigenvalue weighted by atomic mass is 127. The first-order valence-corrected chi connectivity index (χ1v) is 9.20. The molecule has 1 aliphatic heterocycles. The van der Waals surface area contributed by atoms with Gasteiger partial charge < -0.3 is 19.7 Å². The summed E-state index contributed by atoms with van der Waals surface area (Å²) < 4.78 is 46.6. The number of hydrogen-bond donors (Lipinski definition) is 1. The smallest absolute Gasteiger partial charge is 0.378 e. The molecule has 0 aliphatic carbocycles. The van der Waals surface area contributed by atoms with Gasteiger partial charge in [-0.2, -0.15) is 13.2 Å². The molecule has 2 rings (SSSR count). The van der Waals surface area contributed by atoms with Crippen LogP contribution in [0.2, 0.25) is 0 Å². The van der Waals surface area contributed by atoms with Crippen LogP contribution in [0.15, 0.2) is 29.3 Å². The monoisotopic (exact) mass is 515 g/mol. The summed E-state index contributed by atoms with van der Waals surface area (Å²) in [6.45, 7) is 3.88. The second-order valence-electron chi connectivity index (χ2n) is 6.47. The van der Waals surface area contributed by atoms with Gasteiger partial charge in [0.2, 0.25) is 0 Å². The van der Waals surface area contributed by atoms with Crippen LogP contribution in [0.4, 0.5) is 13.2 Å². The largest absolute Gasteiger partial charge is 0.411 e. The van der Waals surface area contributed by atoms with Crippen LogP contribution >= 0.6 is 24.0 Å². The number of ether oxygens (including phenoxy) is 2. The third kappa shape index (κ3) is 8.95. The molecule has 1 heterocycles. The minimum Gasteiger partial charge on any atom is -0.378 e. The van der Waals surface area contributed by atoms with E-state index in [0.29, 0.717) is 18.2 Å². The third-order valence-corrected chi connectivity index (χ3v) is 4.36. The summed E-state index contributed by atoms with van der Waals surface area (Å²) in [5.74, 6) is 0.850. The molecule has 0 aromatic heterocycles. The van der Waals surface area contributed by atoms with Crippen molar-refractivity contribution in [2.45, 2.75) is 45.2 Å². The molecule has 0 amide bonds. The molecule has 0 spiro atoms. The van der Waals surface area contributed by atoms with Gasteiger partial charge in [-0.05, 0) is 30.9 Å². The highest BCUT2D eigenvalue weighted by Crippen LogP contribution is 2.16. The van der Waals surface area contributed by atoms with E-state index in [-0.39, 0.29) is 30.6 Å². The average Bonchev–Trinajstić information content (AvgIpc) is 2.64. The number of rotatable bonds is 7. The maximum Gasteiger partial charge on any atom is 0.411 e. The van der Waals surface area contributed by atoms with E-state index < -0.39 is 12.8 Å². The van der Waals surface area contributed by atoms with Gasteiger partial charge >= 0.3 is 6.18 Å². The molecule has 0 radical (unpaired) electrons. The molecule has 1 N–H and O–H groups in total. The first-order chi connectivity index (χ1) is 12.9. The summed E-state index contributed by atoms with van der Waals surface area (Å²) in [6.07, 6.45) is -1.99. The topological polar surface area (TPSA) is 46.1 Å². The first-order valence-electron chi connectivity index (χ1n) is 9.20. The van der Waals surface area contributed by atoms with Crippen molar-refractivity contribution in [2.24, 2.45) is 4.99 Å². The molecule has 1 aliphatic rings. The quantitative estimate of drug-likeness (QED) is 0.340. The number of guanidine groups is 1. The van der Waals surface area contributed by atoms with Crippen molar-refractivity contribution >= 4 is 29.9 Å². The van der Waals surface area contributed by atoms with Gasteiger partial charge in [0, 0.05) is 33.3 Å². The van der Waals surface area contributed by atoms with Crippen molar-refractivity contribution in [3.8, 4) is 0 Å². The van der Waals surface area contributed by atoms with Crippen LogP contribution in [0.5, 0.6) is 0 Å². The number of nitrogens with one attached hydrogen (secondary N) is 1. The zero-order chi connectivity index (χ0) is 19.7. The fourth-order valence-electron chi connectivity index (χ4n) is 3.02. The van der Waals surface area contributed by atoms with Gasteiger partial charge in [0.25, 0.3) is 0 Å². The van der Waals surface area contributed by atoms with Crippen LogP contribution in [0.3, 0.4) is 0 Å². The highest BCUT2D eigenvalue weighted by molar-refractivity contribution is 14.0. The van der Waals surface area contributed by atoms with E-state index >= 15 is 0 Å². The molecule has 1 aromatic rings. The van der Waals surface area contributed by atoms with E-state index in [4.69, 9.17) is 4.74 Å². The summed E-state index contributed by atoms with van der Waals surface area (Å²) in [5, 5.41) is 3.34. The molecule has 28 heavy (non-hydrogen) atoms. The lowest BCUT2D eigenvalue weighted by Crippen LogP contribution is -2.46. The Labute approximate surface area is 181 Å². The molecule has 9 heteroatoms. The van der Waals surface area contributed by atoms with Crippen LogP contribution in [-0.2, 0) is 22.6 Å². The van der Waals surface area contributed by atoms with Gasteiger partial charge in [0.1, 0.15) is 6.61 Å². The summed E-state index contributed by atoms with van der Waals surface area (Å²) >= 11 is 0. The summed E-state index contributed by atoms with van der Waals surface area (Å²) in [6, 6.07) is 7.33. The van der Waals surface area contributed by atoms with E-state index in [1.54, 1.807) is 19.2 Å². The molecule has 1 aromatic carbocycles. The maximum atomic E-state index is 12.1. The summed E-state index contributed by atoms with van der Waals surface area (Å²) in [7, 11) is 1.76. The molecular formula is C19H29F3IN3O2. The van der Waals surface area contributed by atoms with Crippen molar-refractivity contribution in [3.63, 3.8) is 0 Å². The maximum absolute atomic E-state index is 12.1. The molecule has 1 fully saturated rings. The second kappa shape index (κ2) is 12.5. The van der Waals surface area contributed by atoms with E-state index in [1.165, 1.54) is 0 Å². The molecule has 0 unspecified atom stereocenters. The first kappa shape index (κ1) is 25.0. The Morgan fingerprint density at radius 2 is 1.79 bits per heavy atom. The van der Waals surface area contributed by atoms with Gasteiger partial charge in [-0.25, -0.2) is 0 Å². The Hall–Kier alpha value is -1.07. The molecule has 160 valence electrons. The van der Waals surface area contributed by atoms with Crippen molar-refractivity contribution in [3.05, 3.63) is 35.4 Å². The van der Waals surface area contributed by atoms with Crippen LogP contribution in [-0.4, -0.2) is 56.5 Å². The third-order valence-electron chi connectivity index (χ3n) is 4.36. The lowest BCUT2D eigenvalue weighted by Gasteiger charge is -2.34. The number of benzene rings is 1. The zero-order valence-corrected chi connectivity index (χ0v) is 18.6. The van der Waals surface area contributed by atoms with Gasteiger partial charge in [-0.3, -0.25) is 4.99 Å². The molecule has 0 bridgehead atoms. The fraction of sp³-hybridized carbons (Fsp3) is 0.632.